The monoisotopic (exact) mass is 344 g/mol. The fourth-order valence-corrected chi connectivity index (χ4v) is 2.08. The minimum atomic E-state index is -0.294. The second kappa shape index (κ2) is 9.61. The summed E-state index contributed by atoms with van der Waals surface area (Å²) < 4.78 is 18.5. The molecule has 0 aliphatic carbocycles. The van der Waals surface area contributed by atoms with E-state index in [-0.39, 0.29) is 5.82 Å². The van der Waals surface area contributed by atoms with E-state index in [1.54, 1.807) is 31.4 Å². The predicted molar refractivity (Wildman–Crippen MR) is 98.4 cm³/mol. The summed E-state index contributed by atoms with van der Waals surface area (Å²) in [6.07, 6.45) is 2.84. The number of benzene rings is 1. The maximum atomic E-state index is 12.9. The number of rotatable bonds is 7. The van der Waals surface area contributed by atoms with Gasteiger partial charge in [-0.25, -0.2) is 9.37 Å². The first-order valence-electron chi connectivity index (χ1n) is 8.39. The Morgan fingerprint density at radius 2 is 1.92 bits per heavy atom. The zero-order valence-electron chi connectivity index (χ0n) is 14.9. The summed E-state index contributed by atoms with van der Waals surface area (Å²) in [7, 11) is 1.75. The van der Waals surface area contributed by atoms with E-state index >= 15 is 0 Å². The Hall–Kier alpha value is -2.63. The highest BCUT2D eigenvalue weighted by Gasteiger charge is 2.02. The van der Waals surface area contributed by atoms with Crippen LogP contribution in [0.4, 0.5) is 4.39 Å². The molecule has 134 valence electrons. The van der Waals surface area contributed by atoms with Crippen LogP contribution in [0.5, 0.6) is 11.6 Å². The highest BCUT2D eigenvalue weighted by Crippen LogP contribution is 2.19. The number of guanidine groups is 1. The molecule has 0 aliphatic rings. The number of nitrogens with zero attached hydrogens (tertiary/aromatic N) is 2. The highest BCUT2D eigenvalue weighted by molar-refractivity contribution is 5.79. The zero-order valence-corrected chi connectivity index (χ0v) is 14.9. The molecule has 0 saturated heterocycles. The molecule has 1 aromatic carbocycles. The molecule has 0 atom stereocenters. The maximum Gasteiger partial charge on any atom is 0.219 e. The van der Waals surface area contributed by atoms with Crippen LogP contribution < -0.4 is 15.4 Å². The van der Waals surface area contributed by atoms with Crippen LogP contribution in [0.2, 0.25) is 0 Å². The van der Waals surface area contributed by atoms with Gasteiger partial charge in [-0.05, 0) is 42.2 Å². The number of nitrogens with one attached hydrogen (secondary N) is 2. The van der Waals surface area contributed by atoms with Crippen molar-refractivity contribution in [1.82, 2.24) is 15.6 Å². The zero-order chi connectivity index (χ0) is 18.1. The third-order valence-electron chi connectivity index (χ3n) is 3.53. The molecule has 0 saturated carbocycles. The molecule has 6 heteroatoms. The Bertz CT molecular complexity index is 669. The highest BCUT2D eigenvalue weighted by atomic mass is 19.1. The molecule has 2 aromatic rings. The van der Waals surface area contributed by atoms with E-state index in [1.165, 1.54) is 12.1 Å². The summed E-state index contributed by atoms with van der Waals surface area (Å²) in [5.74, 6) is 2.15. The van der Waals surface area contributed by atoms with Crippen LogP contribution in [0.25, 0.3) is 0 Å². The average molecular weight is 344 g/mol. The molecule has 1 aromatic heterocycles. The minimum Gasteiger partial charge on any atom is -0.439 e. The molecule has 0 aliphatic heterocycles. The Labute approximate surface area is 148 Å². The van der Waals surface area contributed by atoms with Crippen molar-refractivity contribution in [3.63, 3.8) is 0 Å². The van der Waals surface area contributed by atoms with E-state index < -0.39 is 0 Å². The predicted octanol–water partition coefficient (Wildman–Crippen LogP) is 3.72. The van der Waals surface area contributed by atoms with Gasteiger partial charge in [0, 0.05) is 32.4 Å². The average Bonchev–Trinajstić information content (AvgIpc) is 2.61. The van der Waals surface area contributed by atoms with Crippen molar-refractivity contribution in [2.75, 3.05) is 13.6 Å². The van der Waals surface area contributed by atoms with Crippen molar-refractivity contribution >= 4 is 5.96 Å². The number of halogens is 1. The quantitative estimate of drug-likeness (QED) is 0.594. The van der Waals surface area contributed by atoms with Gasteiger partial charge >= 0.3 is 0 Å². The van der Waals surface area contributed by atoms with Crippen molar-refractivity contribution < 1.29 is 9.13 Å². The Balaban J connectivity index is 1.82. The number of aliphatic imine (C=N–C) groups is 1. The van der Waals surface area contributed by atoms with Gasteiger partial charge in [0.05, 0.1) is 0 Å². The molecular formula is C19H25FN4O. The number of hydrogen-bond donors (Lipinski definition) is 2. The van der Waals surface area contributed by atoms with Crippen LogP contribution in [-0.2, 0) is 6.54 Å². The normalized spacial score (nSPS) is 11.5. The standard InChI is InChI=1S/C19H25FN4O/c1-14(2)10-11-22-19(21-3)24-13-15-4-9-18(23-12-15)25-17-7-5-16(20)6-8-17/h4-9,12,14H,10-11,13H2,1-3H3,(H2,21,22,24). The molecule has 25 heavy (non-hydrogen) atoms. The topological polar surface area (TPSA) is 58.5 Å². The van der Waals surface area contributed by atoms with Crippen LogP contribution in [0.15, 0.2) is 47.6 Å². The molecule has 0 radical (unpaired) electrons. The van der Waals surface area contributed by atoms with Gasteiger partial charge in [-0.1, -0.05) is 19.9 Å². The molecular weight excluding hydrogens is 319 g/mol. The van der Waals surface area contributed by atoms with Crippen LogP contribution in [-0.4, -0.2) is 24.5 Å². The van der Waals surface area contributed by atoms with Gasteiger partial charge in [-0.2, -0.15) is 0 Å². The summed E-state index contributed by atoms with van der Waals surface area (Å²) in [6, 6.07) is 9.56. The van der Waals surface area contributed by atoms with Gasteiger partial charge in [0.15, 0.2) is 5.96 Å². The summed E-state index contributed by atoms with van der Waals surface area (Å²) in [4.78, 5) is 8.47. The molecule has 5 nitrogen and oxygen atoms in total. The summed E-state index contributed by atoms with van der Waals surface area (Å²) >= 11 is 0. The van der Waals surface area contributed by atoms with Crippen molar-refractivity contribution in [1.29, 1.82) is 0 Å². The molecule has 2 N–H and O–H groups in total. The molecule has 0 spiro atoms. The third-order valence-corrected chi connectivity index (χ3v) is 3.53. The third kappa shape index (κ3) is 6.79. The first kappa shape index (κ1) is 18.7. The van der Waals surface area contributed by atoms with Crippen molar-refractivity contribution in [2.45, 2.75) is 26.8 Å². The van der Waals surface area contributed by atoms with E-state index in [0.717, 1.165) is 24.5 Å². The van der Waals surface area contributed by atoms with Crippen LogP contribution >= 0.6 is 0 Å². The number of ether oxygens (including phenoxy) is 1. The fourth-order valence-electron chi connectivity index (χ4n) is 2.08. The van der Waals surface area contributed by atoms with E-state index in [9.17, 15) is 4.39 Å². The van der Waals surface area contributed by atoms with Gasteiger partial charge in [-0.3, -0.25) is 4.99 Å². The second-order valence-electron chi connectivity index (χ2n) is 6.10. The van der Waals surface area contributed by atoms with E-state index in [2.05, 4.69) is 34.5 Å². The Morgan fingerprint density at radius 1 is 1.16 bits per heavy atom. The molecule has 0 fully saturated rings. The van der Waals surface area contributed by atoms with Crippen LogP contribution in [0.1, 0.15) is 25.8 Å². The Morgan fingerprint density at radius 3 is 2.52 bits per heavy atom. The number of aromatic nitrogens is 1. The molecule has 0 amide bonds. The van der Waals surface area contributed by atoms with Crippen molar-refractivity contribution in [3.8, 4) is 11.6 Å². The first-order chi connectivity index (χ1) is 12.1. The summed E-state index contributed by atoms with van der Waals surface area (Å²) in [5, 5.41) is 6.53. The smallest absolute Gasteiger partial charge is 0.219 e. The number of pyridine rings is 1. The molecule has 1 heterocycles. The van der Waals surface area contributed by atoms with Crippen molar-refractivity contribution in [2.24, 2.45) is 10.9 Å². The summed E-state index contributed by atoms with van der Waals surface area (Å²) in [5.41, 5.74) is 1.01. The fraction of sp³-hybridized carbons (Fsp3) is 0.368. The van der Waals surface area contributed by atoms with Gasteiger partial charge in [-0.15, -0.1) is 0 Å². The van der Waals surface area contributed by atoms with E-state index in [1.807, 2.05) is 6.07 Å². The van der Waals surface area contributed by atoms with Crippen molar-refractivity contribution in [3.05, 3.63) is 54.0 Å². The molecule has 0 bridgehead atoms. The summed E-state index contributed by atoms with van der Waals surface area (Å²) in [6.45, 7) is 5.89. The van der Waals surface area contributed by atoms with Gasteiger partial charge < -0.3 is 15.4 Å². The minimum absolute atomic E-state index is 0.294. The Kier molecular flexibility index (Phi) is 7.19. The lowest BCUT2D eigenvalue weighted by atomic mass is 10.1. The molecule has 2 rings (SSSR count). The lowest BCUT2D eigenvalue weighted by molar-refractivity contribution is 0.461. The first-order valence-corrected chi connectivity index (χ1v) is 8.39. The van der Waals surface area contributed by atoms with Crippen LogP contribution in [0, 0.1) is 11.7 Å². The van der Waals surface area contributed by atoms with Crippen LogP contribution in [0.3, 0.4) is 0 Å². The number of hydrogen-bond acceptors (Lipinski definition) is 3. The lowest BCUT2D eigenvalue weighted by Crippen LogP contribution is -2.37. The van der Waals surface area contributed by atoms with E-state index in [0.29, 0.717) is 24.1 Å². The maximum absolute atomic E-state index is 12.9. The SMILES string of the molecule is CN=C(NCCC(C)C)NCc1ccc(Oc2ccc(F)cc2)nc1. The van der Waals surface area contributed by atoms with Gasteiger partial charge in [0.2, 0.25) is 5.88 Å². The second-order valence-corrected chi connectivity index (χ2v) is 6.10. The largest absolute Gasteiger partial charge is 0.439 e. The van der Waals surface area contributed by atoms with E-state index in [4.69, 9.17) is 4.74 Å². The van der Waals surface area contributed by atoms with Gasteiger partial charge in [0.25, 0.3) is 0 Å². The molecule has 0 unspecified atom stereocenters. The lowest BCUT2D eigenvalue weighted by Gasteiger charge is -2.13. The van der Waals surface area contributed by atoms with Gasteiger partial charge in [0.1, 0.15) is 11.6 Å².